The van der Waals surface area contributed by atoms with Crippen LogP contribution in [-0.2, 0) is 6.54 Å². The molecule has 130 valence electrons. The van der Waals surface area contributed by atoms with E-state index in [1.807, 2.05) is 43.4 Å². The van der Waals surface area contributed by atoms with Crippen molar-refractivity contribution in [1.82, 2.24) is 14.9 Å². The molecule has 0 atom stereocenters. The number of hydrogen-bond donors (Lipinski definition) is 1. The van der Waals surface area contributed by atoms with Gasteiger partial charge in [0, 0.05) is 15.5 Å². The van der Waals surface area contributed by atoms with Gasteiger partial charge in [0.15, 0.2) is 0 Å². The molecule has 3 aromatic rings. The number of nitrogens with one attached hydrogen (secondary N) is 1. The largest absolute Gasteiger partial charge is 0.492 e. The van der Waals surface area contributed by atoms with Crippen molar-refractivity contribution in [2.75, 3.05) is 20.2 Å². The minimum Gasteiger partial charge on any atom is -0.492 e. The number of aromatic amines is 1. The molecule has 0 saturated heterocycles. The van der Waals surface area contributed by atoms with E-state index < -0.39 is 0 Å². The van der Waals surface area contributed by atoms with Gasteiger partial charge in [0.1, 0.15) is 18.2 Å². The first-order valence-corrected chi connectivity index (χ1v) is 9.36. The third-order valence-electron chi connectivity index (χ3n) is 3.68. The maximum absolute atomic E-state index is 12.3. The molecule has 1 aromatic heterocycles. The Morgan fingerprint density at radius 2 is 1.96 bits per heavy atom. The third-order valence-corrected chi connectivity index (χ3v) is 4.74. The van der Waals surface area contributed by atoms with Crippen molar-refractivity contribution in [3.05, 3.63) is 67.6 Å². The Kier molecular flexibility index (Phi) is 5.88. The van der Waals surface area contributed by atoms with Crippen molar-refractivity contribution in [2.45, 2.75) is 6.54 Å². The van der Waals surface area contributed by atoms with Gasteiger partial charge < -0.3 is 9.72 Å². The Morgan fingerprint density at radius 1 is 1.20 bits per heavy atom. The summed E-state index contributed by atoms with van der Waals surface area (Å²) in [6, 6.07) is 13.4. The molecule has 0 aliphatic heterocycles. The number of likely N-dealkylation sites (N-methyl/N-ethyl adjacent to an activating group) is 1. The second-order valence-corrected chi connectivity index (χ2v) is 7.47. The number of hydrogen-bond acceptors (Lipinski definition) is 4. The highest BCUT2D eigenvalue weighted by atomic mass is 79.9. The highest BCUT2D eigenvalue weighted by molar-refractivity contribution is 9.11. The number of rotatable bonds is 6. The number of H-pyrrole nitrogens is 1. The molecule has 0 aliphatic carbocycles. The summed E-state index contributed by atoms with van der Waals surface area (Å²) < 4.78 is 7.32. The first-order valence-electron chi connectivity index (χ1n) is 7.77. The summed E-state index contributed by atoms with van der Waals surface area (Å²) in [6.07, 6.45) is 0. The van der Waals surface area contributed by atoms with Gasteiger partial charge in [0.25, 0.3) is 5.56 Å². The molecule has 0 fully saturated rings. The van der Waals surface area contributed by atoms with E-state index in [1.165, 1.54) is 0 Å². The van der Waals surface area contributed by atoms with E-state index in [2.05, 4.69) is 46.7 Å². The lowest BCUT2D eigenvalue weighted by Gasteiger charge is -2.16. The highest BCUT2D eigenvalue weighted by Crippen LogP contribution is 2.25. The molecular formula is C18H17Br2N3O2. The van der Waals surface area contributed by atoms with Crippen LogP contribution in [0.5, 0.6) is 5.75 Å². The molecule has 7 heteroatoms. The van der Waals surface area contributed by atoms with Gasteiger partial charge in [-0.3, -0.25) is 9.69 Å². The zero-order valence-corrected chi connectivity index (χ0v) is 16.8. The number of para-hydroxylation sites is 1. The van der Waals surface area contributed by atoms with Crippen LogP contribution in [0.25, 0.3) is 10.9 Å². The van der Waals surface area contributed by atoms with Crippen LogP contribution in [-0.4, -0.2) is 35.1 Å². The predicted octanol–water partition coefficient (Wildman–Crippen LogP) is 3.96. The fraction of sp³-hybridized carbons (Fsp3) is 0.222. The number of aromatic nitrogens is 2. The van der Waals surface area contributed by atoms with Gasteiger partial charge in [-0.1, -0.05) is 34.1 Å². The van der Waals surface area contributed by atoms with Crippen molar-refractivity contribution in [3.8, 4) is 5.75 Å². The van der Waals surface area contributed by atoms with Gasteiger partial charge in [0.05, 0.1) is 17.4 Å². The Balaban J connectivity index is 1.67. The quantitative estimate of drug-likeness (QED) is 0.597. The molecular weight excluding hydrogens is 450 g/mol. The molecule has 5 nitrogen and oxygen atoms in total. The minimum atomic E-state index is -0.143. The van der Waals surface area contributed by atoms with Crippen molar-refractivity contribution in [1.29, 1.82) is 0 Å². The first-order chi connectivity index (χ1) is 12.0. The minimum absolute atomic E-state index is 0.143. The SMILES string of the molecule is CN(CCOc1ccccc1)Cc1nc2c(Br)cc(Br)cc2c(=O)[nH]1. The number of benzene rings is 2. The van der Waals surface area contributed by atoms with Crippen molar-refractivity contribution in [2.24, 2.45) is 0 Å². The molecule has 0 spiro atoms. The third kappa shape index (κ3) is 4.68. The summed E-state index contributed by atoms with van der Waals surface area (Å²) in [6.45, 7) is 1.82. The molecule has 1 heterocycles. The van der Waals surface area contributed by atoms with Gasteiger partial charge in [-0.15, -0.1) is 0 Å². The smallest absolute Gasteiger partial charge is 0.258 e. The lowest BCUT2D eigenvalue weighted by Crippen LogP contribution is -2.26. The lowest BCUT2D eigenvalue weighted by molar-refractivity contribution is 0.230. The molecule has 0 radical (unpaired) electrons. The average molecular weight is 467 g/mol. The van der Waals surface area contributed by atoms with Crippen LogP contribution in [0, 0.1) is 0 Å². The molecule has 0 saturated carbocycles. The van der Waals surface area contributed by atoms with E-state index in [1.54, 1.807) is 6.07 Å². The number of ether oxygens (including phenoxy) is 1. The molecule has 0 bridgehead atoms. The molecule has 3 rings (SSSR count). The predicted molar refractivity (Wildman–Crippen MR) is 106 cm³/mol. The standard InChI is InChI=1S/C18H17Br2N3O2/c1-23(7-8-25-13-5-3-2-4-6-13)11-16-21-17-14(18(24)22-16)9-12(19)10-15(17)20/h2-6,9-10H,7-8,11H2,1H3,(H,21,22,24). The van der Waals surface area contributed by atoms with Crippen molar-refractivity contribution < 1.29 is 4.74 Å². The summed E-state index contributed by atoms with van der Waals surface area (Å²) in [5.41, 5.74) is 0.520. The zero-order chi connectivity index (χ0) is 17.8. The summed E-state index contributed by atoms with van der Waals surface area (Å²) in [4.78, 5) is 21.8. The normalized spacial score (nSPS) is 11.2. The maximum atomic E-state index is 12.3. The average Bonchev–Trinajstić information content (AvgIpc) is 2.57. The second kappa shape index (κ2) is 8.12. The van der Waals surface area contributed by atoms with Gasteiger partial charge in [-0.05, 0) is 47.2 Å². The molecule has 0 amide bonds. The molecule has 25 heavy (non-hydrogen) atoms. The van der Waals surface area contributed by atoms with Crippen LogP contribution in [0.15, 0.2) is 56.2 Å². The maximum Gasteiger partial charge on any atom is 0.258 e. The molecule has 0 aliphatic rings. The molecule has 1 N–H and O–H groups in total. The van der Waals surface area contributed by atoms with E-state index in [0.29, 0.717) is 29.9 Å². The van der Waals surface area contributed by atoms with Crippen LogP contribution in [0.2, 0.25) is 0 Å². The topological polar surface area (TPSA) is 58.2 Å². The van der Waals surface area contributed by atoms with E-state index in [9.17, 15) is 4.79 Å². The van der Waals surface area contributed by atoms with Crippen LogP contribution >= 0.6 is 31.9 Å². The highest BCUT2D eigenvalue weighted by Gasteiger charge is 2.10. The Bertz CT molecular complexity index is 929. The van der Waals surface area contributed by atoms with Gasteiger partial charge in [0.2, 0.25) is 0 Å². The first kappa shape index (κ1) is 18.1. The van der Waals surface area contributed by atoms with Gasteiger partial charge in [-0.25, -0.2) is 4.98 Å². The van der Waals surface area contributed by atoms with E-state index in [4.69, 9.17) is 4.74 Å². The fourth-order valence-corrected chi connectivity index (χ4v) is 3.77. The van der Waals surface area contributed by atoms with Crippen molar-refractivity contribution >= 4 is 42.8 Å². The summed E-state index contributed by atoms with van der Waals surface area (Å²) >= 11 is 6.86. The van der Waals surface area contributed by atoms with Crippen LogP contribution in [0.1, 0.15) is 5.82 Å². The van der Waals surface area contributed by atoms with Crippen LogP contribution in [0.4, 0.5) is 0 Å². The van der Waals surface area contributed by atoms with Crippen LogP contribution in [0.3, 0.4) is 0 Å². The van der Waals surface area contributed by atoms with E-state index in [-0.39, 0.29) is 5.56 Å². The summed E-state index contributed by atoms with van der Waals surface area (Å²) in [5.74, 6) is 1.48. The van der Waals surface area contributed by atoms with Gasteiger partial charge in [-0.2, -0.15) is 0 Å². The van der Waals surface area contributed by atoms with E-state index >= 15 is 0 Å². The lowest BCUT2D eigenvalue weighted by atomic mass is 10.2. The number of nitrogens with zero attached hydrogens (tertiary/aromatic N) is 2. The van der Waals surface area contributed by atoms with Crippen molar-refractivity contribution in [3.63, 3.8) is 0 Å². The number of halogens is 2. The fourth-order valence-electron chi connectivity index (χ4n) is 2.46. The number of fused-ring (bicyclic) bond motifs is 1. The zero-order valence-electron chi connectivity index (χ0n) is 13.6. The summed E-state index contributed by atoms with van der Waals surface area (Å²) in [7, 11) is 1.97. The van der Waals surface area contributed by atoms with E-state index in [0.717, 1.165) is 21.2 Å². The molecule has 2 aromatic carbocycles. The Labute approximate surface area is 162 Å². The Hall–Kier alpha value is -1.70. The Morgan fingerprint density at radius 3 is 2.72 bits per heavy atom. The monoisotopic (exact) mass is 465 g/mol. The van der Waals surface area contributed by atoms with Crippen LogP contribution < -0.4 is 10.3 Å². The van der Waals surface area contributed by atoms with Gasteiger partial charge >= 0.3 is 0 Å². The summed E-state index contributed by atoms with van der Waals surface area (Å²) in [5, 5.41) is 0.556. The molecule has 0 unspecified atom stereocenters. The second-order valence-electron chi connectivity index (χ2n) is 5.70.